The third kappa shape index (κ3) is 3.04. The summed E-state index contributed by atoms with van der Waals surface area (Å²) in [6, 6.07) is 13.8. The van der Waals surface area contributed by atoms with Crippen molar-refractivity contribution in [3.63, 3.8) is 0 Å². The Hall–Kier alpha value is -2.99. The summed E-state index contributed by atoms with van der Waals surface area (Å²) in [4.78, 5) is 8.43. The van der Waals surface area contributed by atoms with Crippen molar-refractivity contribution in [2.24, 2.45) is 0 Å². The van der Waals surface area contributed by atoms with Crippen molar-refractivity contribution in [3.8, 4) is 11.3 Å². The van der Waals surface area contributed by atoms with Crippen LogP contribution in [0.1, 0.15) is 5.56 Å². The van der Waals surface area contributed by atoms with Crippen molar-refractivity contribution in [3.05, 3.63) is 71.3 Å². The summed E-state index contributed by atoms with van der Waals surface area (Å²) in [7, 11) is 0. The van der Waals surface area contributed by atoms with Gasteiger partial charge in [-0.15, -0.1) is 0 Å². The zero-order chi connectivity index (χ0) is 17.2. The molecule has 0 saturated carbocycles. The summed E-state index contributed by atoms with van der Waals surface area (Å²) in [5.41, 5.74) is 2.97. The molecule has 0 aliphatic rings. The van der Waals surface area contributed by atoms with Crippen LogP contribution in [0.3, 0.4) is 0 Å². The number of aromatic nitrogens is 3. The molecule has 0 amide bonds. The second-order valence-electron chi connectivity index (χ2n) is 5.38. The molecule has 0 unspecified atom stereocenters. The number of benzene rings is 2. The molecule has 1 N–H and O–H groups in total. The zero-order valence-electron chi connectivity index (χ0n) is 12.9. The fourth-order valence-electron chi connectivity index (χ4n) is 2.51. The van der Waals surface area contributed by atoms with Gasteiger partial charge in [0.2, 0.25) is 5.58 Å². The van der Waals surface area contributed by atoms with Gasteiger partial charge < -0.3 is 9.84 Å². The SMILES string of the molecule is Fc1ccccc1CNc1ncnc2c(-c3ccc(Cl)cc3)noc12. The van der Waals surface area contributed by atoms with Crippen LogP contribution in [0.25, 0.3) is 22.4 Å². The number of rotatable bonds is 4. The fraction of sp³-hybridized carbons (Fsp3) is 0.0556. The van der Waals surface area contributed by atoms with E-state index in [2.05, 4.69) is 20.4 Å². The molecular formula is C18H12ClFN4O. The summed E-state index contributed by atoms with van der Waals surface area (Å²) in [5.74, 6) is 0.181. The average Bonchev–Trinajstić information content (AvgIpc) is 3.06. The Bertz CT molecular complexity index is 1030. The Kier molecular flexibility index (Phi) is 4.03. The van der Waals surface area contributed by atoms with Gasteiger partial charge in [0.1, 0.15) is 23.4 Å². The maximum absolute atomic E-state index is 13.7. The van der Waals surface area contributed by atoms with Crippen molar-refractivity contribution in [2.45, 2.75) is 6.54 Å². The molecule has 4 aromatic rings. The van der Waals surface area contributed by atoms with Crippen LogP contribution in [0, 0.1) is 5.82 Å². The van der Waals surface area contributed by atoms with E-state index in [1.807, 2.05) is 12.1 Å². The van der Waals surface area contributed by atoms with Crippen LogP contribution in [0.4, 0.5) is 10.2 Å². The topological polar surface area (TPSA) is 63.8 Å². The van der Waals surface area contributed by atoms with Crippen LogP contribution in [-0.2, 0) is 6.54 Å². The van der Waals surface area contributed by atoms with Crippen molar-refractivity contribution in [1.82, 2.24) is 15.1 Å². The molecule has 4 rings (SSSR count). The molecule has 5 nitrogen and oxygen atoms in total. The van der Waals surface area contributed by atoms with Crippen molar-refractivity contribution >= 4 is 28.5 Å². The minimum absolute atomic E-state index is 0.274. The van der Waals surface area contributed by atoms with E-state index in [1.54, 1.807) is 30.3 Å². The van der Waals surface area contributed by atoms with Gasteiger partial charge in [-0.2, -0.15) is 0 Å². The molecule has 2 aromatic carbocycles. The maximum Gasteiger partial charge on any atom is 0.228 e. The van der Waals surface area contributed by atoms with Crippen LogP contribution in [0.2, 0.25) is 5.02 Å². The first-order valence-electron chi connectivity index (χ1n) is 7.56. The average molecular weight is 355 g/mol. The van der Waals surface area contributed by atoms with Crippen LogP contribution >= 0.6 is 11.6 Å². The van der Waals surface area contributed by atoms with Crippen LogP contribution in [-0.4, -0.2) is 15.1 Å². The molecule has 0 aliphatic heterocycles. The van der Waals surface area contributed by atoms with Gasteiger partial charge in [0, 0.05) is 22.7 Å². The van der Waals surface area contributed by atoms with Gasteiger partial charge in [-0.25, -0.2) is 14.4 Å². The number of anilines is 1. The lowest BCUT2D eigenvalue weighted by Gasteiger charge is -2.06. The smallest absolute Gasteiger partial charge is 0.228 e. The van der Waals surface area contributed by atoms with Crippen molar-refractivity contribution < 1.29 is 8.91 Å². The van der Waals surface area contributed by atoms with E-state index in [4.69, 9.17) is 16.1 Å². The normalized spacial score (nSPS) is 11.0. The standard InChI is InChI=1S/C18H12ClFN4O/c19-13-7-5-11(6-8-13)15-16-17(25-24-15)18(23-10-22-16)21-9-12-3-1-2-4-14(12)20/h1-8,10H,9H2,(H,21,22,23). The largest absolute Gasteiger partial charge is 0.363 e. The monoisotopic (exact) mass is 354 g/mol. The maximum atomic E-state index is 13.7. The highest BCUT2D eigenvalue weighted by atomic mass is 35.5. The Morgan fingerprint density at radius 1 is 1.04 bits per heavy atom. The van der Waals surface area contributed by atoms with Crippen LogP contribution in [0.15, 0.2) is 59.4 Å². The highest BCUT2D eigenvalue weighted by Gasteiger charge is 2.16. The van der Waals surface area contributed by atoms with Crippen molar-refractivity contribution in [1.29, 1.82) is 0 Å². The lowest BCUT2D eigenvalue weighted by atomic mass is 10.1. The van der Waals surface area contributed by atoms with E-state index < -0.39 is 0 Å². The number of hydrogen-bond acceptors (Lipinski definition) is 5. The summed E-state index contributed by atoms with van der Waals surface area (Å²) in [6.45, 7) is 0.274. The number of hydrogen-bond donors (Lipinski definition) is 1. The van der Waals surface area contributed by atoms with Crippen molar-refractivity contribution in [2.75, 3.05) is 5.32 Å². The molecule has 0 aliphatic carbocycles. The minimum atomic E-state index is -0.278. The summed E-state index contributed by atoms with van der Waals surface area (Å²) >= 11 is 5.92. The number of nitrogens with one attached hydrogen (secondary N) is 1. The second kappa shape index (κ2) is 6.49. The zero-order valence-corrected chi connectivity index (χ0v) is 13.7. The quantitative estimate of drug-likeness (QED) is 0.576. The van der Waals surface area contributed by atoms with Gasteiger partial charge in [-0.05, 0) is 18.2 Å². The molecule has 2 aromatic heterocycles. The van der Waals surface area contributed by atoms with E-state index >= 15 is 0 Å². The lowest BCUT2D eigenvalue weighted by molar-refractivity contribution is 0.459. The van der Waals surface area contributed by atoms with E-state index in [0.717, 1.165) is 5.56 Å². The number of halogens is 2. The predicted molar refractivity (Wildman–Crippen MR) is 93.8 cm³/mol. The molecule has 0 saturated heterocycles. The van der Waals surface area contributed by atoms with Gasteiger partial charge in [0.25, 0.3) is 0 Å². The molecule has 124 valence electrons. The molecular weight excluding hydrogens is 343 g/mol. The van der Waals surface area contributed by atoms with Gasteiger partial charge in [0.15, 0.2) is 5.82 Å². The number of fused-ring (bicyclic) bond motifs is 1. The third-order valence-corrected chi connectivity index (χ3v) is 4.03. The molecule has 0 bridgehead atoms. The van der Waals surface area contributed by atoms with Gasteiger partial charge in [-0.3, -0.25) is 0 Å². The molecule has 0 atom stereocenters. The first-order valence-corrected chi connectivity index (χ1v) is 7.94. The van der Waals surface area contributed by atoms with Gasteiger partial charge in [0.05, 0.1) is 0 Å². The summed E-state index contributed by atoms with van der Waals surface area (Å²) in [6.07, 6.45) is 1.42. The van der Waals surface area contributed by atoms with Crippen LogP contribution in [0.5, 0.6) is 0 Å². The Morgan fingerprint density at radius 2 is 1.84 bits per heavy atom. The van der Waals surface area contributed by atoms with E-state index in [1.165, 1.54) is 12.4 Å². The van der Waals surface area contributed by atoms with Gasteiger partial charge in [-0.1, -0.05) is 47.1 Å². The molecule has 0 spiro atoms. The van der Waals surface area contributed by atoms with Crippen LogP contribution < -0.4 is 5.32 Å². The molecule has 0 radical (unpaired) electrons. The van der Waals surface area contributed by atoms with E-state index in [-0.39, 0.29) is 12.4 Å². The first-order chi connectivity index (χ1) is 12.2. The second-order valence-corrected chi connectivity index (χ2v) is 5.82. The molecule has 0 fully saturated rings. The highest BCUT2D eigenvalue weighted by molar-refractivity contribution is 6.30. The van der Waals surface area contributed by atoms with E-state index in [0.29, 0.717) is 33.2 Å². The summed E-state index contributed by atoms with van der Waals surface area (Å²) in [5, 5.41) is 7.80. The third-order valence-electron chi connectivity index (χ3n) is 3.78. The lowest BCUT2D eigenvalue weighted by Crippen LogP contribution is -2.03. The van der Waals surface area contributed by atoms with Gasteiger partial charge >= 0.3 is 0 Å². The fourth-order valence-corrected chi connectivity index (χ4v) is 2.63. The highest BCUT2D eigenvalue weighted by Crippen LogP contribution is 2.30. The Balaban J connectivity index is 1.67. The number of nitrogens with zero attached hydrogens (tertiary/aromatic N) is 3. The Morgan fingerprint density at radius 3 is 2.64 bits per heavy atom. The Labute approximate surface area is 147 Å². The summed E-state index contributed by atoms with van der Waals surface area (Å²) < 4.78 is 19.2. The first kappa shape index (κ1) is 15.5. The minimum Gasteiger partial charge on any atom is -0.363 e. The predicted octanol–water partition coefficient (Wildman–Crippen LogP) is 4.69. The molecule has 25 heavy (non-hydrogen) atoms. The van der Waals surface area contributed by atoms with E-state index in [9.17, 15) is 4.39 Å². The molecule has 2 heterocycles. The molecule has 7 heteroatoms.